The van der Waals surface area contributed by atoms with Crippen molar-refractivity contribution in [1.82, 2.24) is 24.6 Å². The molecule has 1 aliphatic carbocycles. The lowest BCUT2D eigenvalue weighted by atomic mass is 10.1. The van der Waals surface area contributed by atoms with Crippen LogP contribution in [0.15, 0.2) is 36.7 Å². The highest BCUT2D eigenvalue weighted by atomic mass is 19.1. The van der Waals surface area contributed by atoms with E-state index in [2.05, 4.69) is 15.1 Å². The number of aryl methyl sites for hydroxylation is 1. The molecule has 1 saturated carbocycles. The molecule has 1 aromatic carbocycles. The van der Waals surface area contributed by atoms with Crippen LogP contribution in [-0.2, 0) is 0 Å². The van der Waals surface area contributed by atoms with Gasteiger partial charge in [0.25, 0.3) is 11.9 Å². The first kappa shape index (κ1) is 18.0. The number of carbonyl (C=O) groups is 1. The number of nitrogens with zero attached hydrogens (tertiary/aromatic N) is 5. The standard InChI is InChI=1S/C22H22FN5O/c1-13-10-24-22(26-20(13)16-4-6-17(23)7-5-16)28-14(2)19(11-25-28)21(29)27-12-15-3-8-18(27)9-15/h4-7,10-11,15,18H,3,8-9,12H2,1-2H3/t15-,18+/m0/s1. The number of likely N-dealkylation sites (tertiary alicyclic amines) is 1. The fourth-order valence-electron chi connectivity index (χ4n) is 4.58. The second-order valence-corrected chi connectivity index (χ2v) is 8.05. The molecule has 2 aliphatic rings. The average molecular weight is 391 g/mol. The second kappa shape index (κ2) is 6.76. The Balaban J connectivity index is 1.48. The van der Waals surface area contributed by atoms with E-state index in [0.29, 0.717) is 23.5 Å². The third-order valence-corrected chi connectivity index (χ3v) is 6.18. The number of aromatic nitrogens is 4. The number of benzene rings is 1. The Bertz CT molecular complexity index is 1090. The highest BCUT2D eigenvalue weighted by Crippen LogP contribution is 2.38. The summed E-state index contributed by atoms with van der Waals surface area (Å²) in [6.07, 6.45) is 6.80. The molecule has 7 heteroatoms. The molecule has 148 valence electrons. The predicted octanol–water partition coefficient (Wildman–Crippen LogP) is 3.71. The molecule has 5 rings (SSSR count). The van der Waals surface area contributed by atoms with E-state index in [0.717, 1.165) is 41.9 Å². The van der Waals surface area contributed by atoms with Gasteiger partial charge < -0.3 is 4.90 Å². The van der Waals surface area contributed by atoms with Crippen LogP contribution in [0.4, 0.5) is 4.39 Å². The first-order valence-electron chi connectivity index (χ1n) is 9.97. The number of hydrogen-bond donors (Lipinski definition) is 0. The highest BCUT2D eigenvalue weighted by Gasteiger charge is 2.41. The summed E-state index contributed by atoms with van der Waals surface area (Å²) in [4.78, 5) is 24.1. The molecular formula is C22H22FN5O. The number of hydrogen-bond acceptors (Lipinski definition) is 4. The molecule has 2 bridgehead atoms. The molecule has 0 N–H and O–H groups in total. The van der Waals surface area contributed by atoms with Gasteiger partial charge in [0, 0.05) is 24.3 Å². The molecule has 1 aliphatic heterocycles. The van der Waals surface area contributed by atoms with Crippen LogP contribution in [0.2, 0.25) is 0 Å². The van der Waals surface area contributed by atoms with Gasteiger partial charge in [-0.1, -0.05) is 0 Å². The van der Waals surface area contributed by atoms with E-state index >= 15 is 0 Å². The van der Waals surface area contributed by atoms with E-state index in [9.17, 15) is 9.18 Å². The van der Waals surface area contributed by atoms with Crippen LogP contribution in [0.1, 0.15) is 40.9 Å². The molecule has 3 heterocycles. The zero-order chi connectivity index (χ0) is 20.1. The lowest BCUT2D eigenvalue weighted by Gasteiger charge is -2.26. The minimum absolute atomic E-state index is 0.0480. The fraction of sp³-hybridized carbons (Fsp3) is 0.364. The van der Waals surface area contributed by atoms with Crippen LogP contribution in [-0.4, -0.2) is 43.1 Å². The Labute approximate surface area is 168 Å². The molecule has 2 atom stereocenters. The Morgan fingerprint density at radius 3 is 2.62 bits per heavy atom. The molecule has 3 aromatic rings. The summed E-state index contributed by atoms with van der Waals surface area (Å²) < 4.78 is 14.9. The van der Waals surface area contributed by atoms with Crippen molar-refractivity contribution in [2.45, 2.75) is 39.2 Å². The van der Waals surface area contributed by atoms with Gasteiger partial charge in [0.15, 0.2) is 0 Å². The maximum absolute atomic E-state index is 13.3. The van der Waals surface area contributed by atoms with E-state index in [-0.39, 0.29) is 11.7 Å². The minimum atomic E-state index is -0.289. The lowest BCUT2D eigenvalue weighted by Crippen LogP contribution is -2.37. The van der Waals surface area contributed by atoms with Gasteiger partial charge in [-0.05, 0) is 68.9 Å². The summed E-state index contributed by atoms with van der Waals surface area (Å²) in [6, 6.07) is 6.59. The maximum Gasteiger partial charge on any atom is 0.257 e. The summed E-state index contributed by atoms with van der Waals surface area (Å²) in [5, 5.41) is 4.40. The number of rotatable bonds is 3. The Kier molecular flexibility index (Phi) is 4.19. The Morgan fingerprint density at radius 1 is 1.14 bits per heavy atom. The van der Waals surface area contributed by atoms with Crippen molar-refractivity contribution in [3.8, 4) is 17.2 Å². The van der Waals surface area contributed by atoms with Gasteiger partial charge >= 0.3 is 0 Å². The van der Waals surface area contributed by atoms with E-state index in [1.165, 1.54) is 18.6 Å². The molecule has 29 heavy (non-hydrogen) atoms. The van der Waals surface area contributed by atoms with Crippen LogP contribution >= 0.6 is 0 Å². The van der Waals surface area contributed by atoms with Crippen LogP contribution in [0.5, 0.6) is 0 Å². The number of amides is 1. The third kappa shape index (κ3) is 3.01. The fourth-order valence-corrected chi connectivity index (χ4v) is 4.58. The monoisotopic (exact) mass is 391 g/mol. The smallest absolute Gasteiger partial charge is 0.257 e. The van der Waals surface area contributed by atoms with Gasteiger partial charge in [-0.25, -0.2) is 19.0 Å². The summed E-state index contributed by atoms with van der Waals surface area (Å²) in [7, 11) is 0. The van der Waals surface area contributed by atoms with E-state index in [1.54, 1.807) is 29.2 Å². The maximum atomic E-state index is 13.3. The van der Waals surface area contributed by atoms with Crippen LogP contribution in [0.3, 0.4) is 0 Å². The largest absolute Gasteiger partial charge is 0.335 e. The SMILES string of the molecule is Cc1cnc(-n2ncc(C(=O)N3C[C@H]4CC[C@@H]3C4)c2C)nc1-c1ccc(F)cc1. The number of piperidine rings is 1. The van der Waals surface area contributed by atoms with Gasteiger partial charge in [-0.15, -0.1) is 0 Å². The normalized spacial score (nSPS) is 20.4. The van der Waals surface area contributed by atoms with Gasteiger partial charge in [0.2, 0.25) is 0 Å². The number of carbonyl (C=O) groups excluding carboxylic acids is 1. The quantitative estimate of drug-likeness (QED) is 0.683. The molecule has 1 amide bonds. The molecular weight excluding hydrogens is 369 g/mol. The lowest BCUT2D eigenvalue weighted by molar-refractivity contribution is 0.0703. The first-order valence-corrected chi connectivity index (χ1v) is 9.97. The third-order valence-electron chi connectivity index (χ3n) is 6.18. The Morgan fingerprint density at radius 2 is 1.93 bits per heavy atom. The molecule has 2 aromatic heterocycles. The second-order valence-electron chi connectivity index (χ2n) is 8.05. The molecule has 6 nitrogen and oxygen atoms in total. The van der Waals surface area contributed by atoms with Crippen LogP contribution < -0.4 is 0 Å². The van der Waals surface area contributed by atoms with E-state index in [1.807, 2.05) is 18.7 Å². The summed E-state index contributed by atoms with van der Waals surface area (Å²) in [5.41, 5.74) is 3.74. The van der Waals surface area contributed by atoms with Crippen molar-refractivity contribution >= 4 is 5.91 Å². The topological polar surface area (TPSA) is 63.9 Å². The van der Waals surface area contributed by atoms with Crippen molar-refractivity contribution in [2.75, 3.05) is 6.54 Å². The summed E-state index contributed by atoms with van der Waals surface area (Å²) in [5.74, 6) is 0.807. The van der Waals surface area contributed by atoms with Crippen molar-refractivity contribution in [2.24, 2.45) is 5.92 Å². The molecule has 2 fully saturated rings. The molecule has 1 saturated heterocycles. The van der Waals surface area contributed by atoms with Crippen LogP contribution in [0.25, 0.3) is 17.2 Å². The minimum Gasteiger partial charge on any atom is -0.335 e. The van der Waals surface area contributed by atoms with Crippen molar-refractivity contribution < 1.29 is 9.18 Å². The van der Waals surface area contributed by atoms with Gasteiger partial charge in [0.05, 0.1) is 23.1 Å². The van der Waals surface area contributed by atoms with Gasteiger partial charge in [-0.2, -0.15) is 5.10 Å². The number of fused-ring (bicyclic) bond motifs is 2. The van der Waals surface area contributed by atoms with Crippen molar-refractivity contribution in [3.05, 3.63) is 59.3 Å². The van der Waals surface area contributed by atoms with Crippen LogP contribution in [0, 0.1) is 25.6 Å². The zero-order valence-corrected chi connectivity index (χ0v) is 16.5. The Hall–Kier alpha value is -3.09. The molecule has 0 unspecified atom stereocenters. The molecule has 0 spiro atoms. The summed E-state index contributed by atoms with van der Waals surface area (Å²) in [6.45, 7) is 4.63. The first-order chi connectivity index (χ1) is 14.0. The number of halogens is 1. The zero-order valence-electron chi connectivity index (χ0n) is 16.5. The predicted molar refractivity (Wildman–Crippen MR) is 106 cm³/mol. The van der Waals surface area contributed by atoms with Gasteiger partial charge in [0.1, 0.15) is 5.82 Å². The van der Waals surface area contributed by atoms with Crippen molar-refractivity contribution in [1.29, 1.82) is 0 Å². The summed E-state index contributed by atoms with van der Waals surface area (Å²) >= 11 is 0. The average Bonchev–Trinajstić information content (AvgIpc) is 3.45. The van der Waals surface area contributed by atoms with E-state index < -0.39 is 0 Å². The highest BCUT2D eigenvalue weighted by molar-refractivity contribution is 5.95. The van der Waals surface area contributed by atoms with Crippen molar-refractivity contribution in [3.63, 3.8) is 0 Å². The van der Waals surface area contributed by atoms with E-state index in [4.69, 9.17) is 0 Å². The van der Waals surface area contributed by atoms with Gasteiger partial charge in [-0.3, -0.25) is 4.79 Å². The molecule has 0 radical (unpaired) electrons.